The molecule has 0 saturated heterocycles. The highest BCUT2D eigenvalue weighted by Gasteiger charge is 2.17. The highest BCUT2D eigenvalue weighted by molar-refractivity contribution is 5.92. The minimum atomic E-state index is -0.495. The summed E-state index contributed by atoms with van der Waals surface area (Å²) in [7, 11) is 3.60. The van der Waals surface area contributed by atoms with Gasteiger partial charge in [-0.05, 0) is 6.92 Å². The Kier molecular flexibility index (Phi) is 2.95. The van der Waals surface area contributed by atoms with Crippen LogP contribution in [0.5, 0.6) is 0 Å². The summed E-state index contributed by atoms with van der Waals surface area (Å²) < 4.78 is 6.35. The topological polar surface area (TPSA) is 73.4 Å². The van der Waals surface area contributed by atoms with Crippen LogP contribution in [0, 0.1) is 0 Å². The second-order valence-corrected chi connectivity index (χ2v) is 2.89. The number of nitrogen functional groups attached to an aromatic ring is 1. The molecular formula is C8H14N4O2. The van der Waals surface area contributed by atoms with Gasteiger partial charge in [-0.15, -0.1) is 0 Å². The van der Waals surface area contributed by atoms with Gasteiger partial charge in [0.15, 0.2) is 11.5 Å². The lowest BCUT2D eigenvalue weighted by Gasteiger charge is -2.14. The highest BCUT2D eigenvalue weighted by Crippen LogP contribution is 2.10. The molecule has 2 N–H and O–H groups in total. The van der Waals surface area contributed by atoms with E-state index < -0.39 is 5.97 Å². The third kappa shape index (κ3) is 1.78. The van der Waals surface area contributed by atoms with Gasteiger partial charge in [0, 0.05) is 14.1 Å². The molecule has 1 rings (SSSR count). The Morgan fingerprint density at radius 2 is 2.36 bits per heavy atom. The highest BCUT2D eigenvalue weighted by atomic mass is 16.5. The molecule has 0 saturated carbocycles. The van der Waals surface area contributed by atoms with E-state index in [9.17, 15) is 4.79 Å². The molecule has 14 heavy (non-hydrogen) atoms. The second kappa shape index (κ2) is 3.99. The van der Waals surface area contributed by atoms with Crippen molar-refractivity contribution in [3.63, 3.8) is 0 Å². The summed E-state index contributed by atoms with van der Waals surface area (Å²) in [6, 6.07) is 0. The van der Waals surface area contributed by atoms with Gasteiger partial charge in [0.05, 0.1) is 6.61 Å². The van der Waals surface area contributed by atoms with Gasteiger partial charge in [-0.2, -0.15) is 0 Å². The maximum atomic E-state index is 11.3. The van der Waals surface area contributed by atoms with Crippen LogP contribution in [0.15, 0.2) is 6.33 Å². The van der Waals surface area contributed by atoms with Crippen molar-refractivity contribution in [3.05, 3.63) is 12.0 Å². The van der Waals surface area contributed by atoms with Crippen molar-refractivity contribution in [1.29, 1.82) is 0 Å². The average molecular weight is 198 g/mol. The third-order valence-corrected chi connectivity index (χ3v) is 1.69. The fraction of sp³-hybridized carbons (Fsp3) is 0.500. The first-order valence-corrected chi connectivity index (χ1v) is 4.25. The van der Waals surface area contributed by atoms with Crippen molar-refractivity contribution in [2.75, 3.05) is 31.4 Å². The maximum Gasteiger partial charge on any atom is 0.360 e. The van der Waals surface area contributed by atoms with Crippen LogP contribution >= 0.6 is 0 Å². The molecule has 0 aromatic carbocycles. The molecule has 0 spiro atoms. The van der Waals surface area contributed by atoms with Crippen LogP contribution in [-0.2, 0) is 4.74 Å². The first-order valence-electron chi connectivity index (χ1n) is 4.25. The lowest BCUT2D eigenvalue weighted by Crippen LogP contribution is -2.25. The molecule has 0 aliphatic rings. The molecule has 0 unspecified atom stereocenters. The molecule has 6 heteroatoms. The largest absolute Gasteiger partial charge is 0.461 e. The number of nitrogens with two attached hydrogens (primary N) is 1. The van der Waals surface area contributed by atoms with Gasteiger partial charge in [0.1, 0.15) is 6.33 Å². The standard InChI is InChI=1S/C8H14N4O2/c1-4-14-8(13)6-7(9)12(5-10-6)11(2)3/h5H,4,9H2,1-3H3. The SMILES string of the molecule is CCOC(=O)c1ncn(N(C)C)c1N. The number of carbonyl (C=O) groups is 1. The van der Waals surface area contributed by atoms with Crippen LogP contribution in [0.2, 0.25) is 0 Å². The summed E-state index contributed by atoms with van der Waals surface area (Å²) in [5.74, 6) is -0.209. The van der Waals surface area contributed by atoms with Gasteiger partial charge in [0.2, 0.25) is 0 Å². The molecule has 0 radical (unpaired) electrons. The van der Waals surface area contributed by atoms with Crippen LogP contribution in [0.4, 0.5) is 5.82 Å². The summed E-state index contributed by atoms with van der Waals surface area (Å²) in [5.41, 5.74) is 5.85. The van der Waals surface area contributed by atoms with Crippen molar-refractivity contribution in [2.24, 2.45) is 0 Å². The average Bonchev–Trinajstić information content (AvgIpc) is 2.47. The Hall–Kier alpha value is -1.72. The molecule has 0 fully saturated rings. The minimum absolute atomic E-state index is 0.153. The minimum Gasteiger partial charge on any atom is -0.461 e. The van der Waals surface area contributed by atoms with E-state index in [4.69, 9.17) is 10.5 Å². The van der Waals surface area contributed by atoms with Gasteiger partial charge >= 0.3 is 5.97 Å². The lowest BCUT2D eigenvalue weighted by molar-refractivity contribution is 0.0521. The number of rotatable bonds is 3. The molecule has 0 aliphatic carbocycles. The quantitative estimate of drug-likeness (QED) is 0.683. The van der Waals surface area contributed by atoms with E-state index >= 15 is 0 Å². The van der Waals surface area contributed by atoms with Gasteiger partial charge in [-0.1, -0.05) is 0 Å². The first kappa shape index (κ1) is 10.4. The van der Waals surface area contributed by atoms with E-state index in [1.54, 1.807) is 30.7 Å². The molecule has 1 aromatic heterocycles. The van der Waals surface area contributed by atoms with E-state index in [0.717, 1.165) is 0 Å². The summed E-state index contributed by atoms with van der Waals surface area (Å²) >= 11 is 0. The van der Waals surface area contributed by atoms with Crippen LogP contribution in [0.25, 0.3) is 0 Å². The Bertz CT molecular complexity index is 332. The van der Waals surface area contributed by atoms with Crippen LogP contribution < -0.4 is 10.7 Å². The number of hydrogen-bond donors (Lipinski definition) is 1. The smallest absolute Gasteiger partial charge is 0.360 e. The maximum absolute atomic E-state index is 11.3. The Morgan fingerprint density at radius 3 is 2.79 bits per heavy atom. The molecule has 0 aliphatic heterocycles. The number of anilines is 1. The van der Waals surface area contributed by atoms with Crippen LogP contribution in [0.1, 0.15) is 17.4 Å². The van der Waals surface area contributed by atoms with Crippen molar-refractivity contribution >= 4 is 11.8 Å². The van der Waals surface area contributed by atoms with Gasteiger partial charge in [-0.3, -0.25) is 0 Å². The van der Waals surface area contributed by atoms with Crippen LogP contribution in [0.3, 0.4) is 0 Å². The van der Waals surface area contributed by atoms with Gasteiger partial charge < -0.3 is 15.5 Å². The van der Waals surface area contributed by atoms with Gasteiger partial charge in [-0.25, -0.2) is 14.5 Å². The Labute approximate surface area is 82.2 Å². The zero-order valence-electron chi connectivity index (χ0n) is 8.52. The number of hydrogen-bond acceptors (Lipinski definition) is 5. The molecule has 0 amide bonds. The third-order valence-electron chi connectivity index (χ3n) is 1.69. The molecule has 0 bridgehead atoms. The number of imidazole rings is 1. The fourth-order valence-electron chi connectivity index (χ4n) is 1.02. The zero-order chi connectivity index (χ0) is 10.7. The summed E-state index contributed by atoms with van der Waals surface area (Å²) in [4.78, 5) is 15.2. The van der Waals surface area contributed by atoms with E-state index in [0.29, 0.717) is 6.61 Å². The van der Waals surface area contributed by atoms with Gasteiger partial charge in [0.25, 0.3) is 0 Å². The summed E-state index contributed by atoms with van der Waals surface area (Å²) in [5, 5.41) is 1.71. The summed E-state index contributed by atoms with van der Waals surface area (Å²) in [6.07, 6.45) is 1.47. The normalized spacial score (nSPS) is 9.93. The Balaban J connectivity index is 2.95. The molecule has 6 nitrogen and oxygen atoms in total. The van der Waals surface area contributed by atoms with Crippen molar-refractivity contribution < 1.29 is 9.53 Å². The monoisotopic (exact) mass is 198 g/mol. The number of ether oxygens (including phenoxy) is 1. The predicted octanol–water partition coefficient (Wildman–Crippen LogP) is -0.160. The fourth-order valence-corrected chi connectivity index (χ4v) is 1.02. The van der Waals surface area contributed by atoms with E-state index in [1.165, 1.54) is 6.33 Å². The molecule has 1 aromatic rings. The number of aromatic nitrogens is 2. The number of esters is 1. The number of nitrogens with zero attached hydrogens (tertiary/aromatic N) is 3. The van der Waals surface area contributed by atoms with E-state index in [1.807, 2.05) is 0 Å². The summed E-state index contributed by atoms with van der Waals surface area (Å²) in [6.45, 7) is 2.05. The van der Waals surface area contributed by atoms with Crippen molar-refractivity contribution in [3.8, 4) is 0 Å². The number of carbonyl (C=O) groups excluding carboxylic acids is 1. The van der Waals surface area contributed by atoms with Crippen molar-refractivity contribution in [1.82, 2.24) is 9.66 Å². The lowest BCUT2D eigenvalue weighted by atomic mass is 10.4. The molecule has 78 valence electrons. The van der Waals surface area contributed by atoms with Crippen molar-refractivity contribution in [2.45, 2.75) is 6.92 Å². The zero-order valence-corrected chi connectivity index (χ0v) is 8.52. The van der Waals surface area contributed by atoms with E-state index in [2.05, 4.69) is 4.98 Å². The Morgan fingerprint density at radius 1 is 1.71 bits per heavy atom. The van der Waals surface area contributed by atoms with Crippen LogP contribution in [-0.4, -0.2) is 36.3 Å². The second-order valence-electron chi connectivity index (χ2n) is 2.89. The predicted molar refractivity (Wildman–Crippen MR) is 52.7 cm³/mol. The first-order chi connectivity index (χ1) is 6.57. The molecular weight excluding hydrogens is 184 g/mol. The molecule has 0 atom stereocenters. The van der Waals surface area contributed by atoms with E-state index in [-0.39, 0.29) is 11.5 Å². The molecule has 1 heterocycles.